The summed E-state index contributed by atoms with van der Waals surface area (Å²) in [6.07, 6.45) is 37.6. The molecule has 352 valence electrons. The van der Waals surface area contributed by atoms with Gasteiger partial charge in [-0.3, -0.25) is 14.2 Å². The number of nitrogens with zero attached hydrogens (tertiary/aromatic N) is 1. The van der Waals surface area contributed by atoms with E-state index in [1.54, 1.807) is 0 Å². The lowest BCUT2D eigenvalue weighted by Gasteiger charge is -2.28. The van der Waals surface area contributed by atoms with Crippen molar-refractivity contribution >= 4 is 19.8 Å². The minimum Gasteiger partial charge on any atom is -0.756 e. The van der Waals surface area contributed by atoms with Crippen LogP contribution < -0.4 is 4.89 Å². The largest absolute Gasteiger partial charge is 0.756 e. The second-order valence-electron chi connectivity index (χ2n) is 17.4. The van der Waals surface area contributed by atoms with Gasteiger partial charge >= 0.3 is 11.9 Å². The third-order valence-electron chi connectivity index (χ3n) is 10.3. The highest BCUT2D eigenvalue weighted by atomic mass is 31.2. The lowest BCUT2D eigenvalue weighted by molar-refractivity contribution is -0.870. The van der Waals surface area contributed by atoms with Crippen molar-refractivity contribution in [2.75, 3.05) is 47.5 Å². The van der Waals surface area contributed by atoms with Gasteiger partial charge in [0.15, 0.2) is 6.10 Å². The number of phosphoric ester groups is 1. The van der Waals surface area contributed by atoms with Crippen LogP contribution in [-0.4, -0.2) is 92.5 Å². The molecule has 0 aliphatic rings. The number of unbranched alkanes of at least 4 members (excludes halogenated alkanes) is 19. The van der Waals surface area contributed by atoms with E-state index in [0.29, 0.717) is 36.7 Å². The van der Waals surface area contributed by atoms with Crippen molar-refractivity contribution < 1.29 is 52.3 Å². The van der Waals surface area contributed by atoms with Gasteiger partial charge in [0, 0.05) is 12.8 Å². The molecule has 0 radical (unpaired) electrons. The van der Waals surface area contributed by atoms with Gasteiger partial charge in [0.05, 0.1) is 40.0 Å². The number of allylic oxidation sites excluding steroid dienone is 5. The van der Waals surface area contributed by atoms with Crippen molar-refractivity contribution in [1.82, 2.24) is 0 Å². The van der Waals surface area contributed by atoms with E-state index in [1.807, 2.05) is 27.2 Å². The lowest BCUT2D eigenvalue weighted by atomic mass is 10.0. The molecule has 0 saturated carbocycles. The van der Waals surface area contributed by atoms with Gasteiger partial charge in [-0.05, 0) is 70.6 Å². The van der Waals surface area contributed by atoms with Crippen molar-refractivity contribution in [2.24, 2.45) is 0 Å². The fourth-order valence-electron chi connectivity index (χ4n) is 6.41. The Kier molecular flexibility index (Phi) is 38.7. The van der Waals surface area contributed by atoms with Gasteiger partial charge in [0.2, 0.25) is 0 Å². The van der Waals surface area contributed by atoms with E-state index in [0.717, 1.165) is 70.6 Å². The van der Waals surface area contributed by atoms with E-state index in [-0.39, 0.29) is 26.1 Å². The number of likely N-dealkylation sites (N-methyl/N-ethyl adjacent to an activating group) is 1. The number of hydrogen-bond acceptors (Lipinski definition) is 10. The van der Waals surface area contributed by atoms with Crippen LogP contribution >= 0.6 is 7.82 Å². The normalized spacial score (nSPS) is 14.9. The Bertz CT molecular complexity index is 1150. The Morgan fingerprint density at radius 1 is 0.600 bits per heavy atom. The fraction of sp³-hybridized carbons (Fsp3) is 0.833. The van der Waals surface area contributed by atoms with Crippen LogP contribution in [0, 0.1) is 0 Å². The van der Waals surface area contributed by atoms with Gasteiger partial charge in [-0.25, -0.2) is 0 Å². The number of ether oxygens (including phenoxy) is 2. The van der Waals surface area contributed by atoms with Crippen molar-refractivity contribution in [3.8, 4) is 0 Å². The van der Waals surface area contributed by atoms with Gasteiger partial charge in [0.25, 0.3) is 7.82 Å². The molecule has 0 aromatic heterocycles. The SMILES string of the molecule is CCCCC/C=C\C/C=C\CCCCCCCCCCCC(=O)OC[C@H](COP(=O)([O-])OCC[N+](C)(C)C)OC(=O)CCCCCCC[C@H](O)[C@@H](O)C/C=C\CCCCC. The molecule has 0 saturated heterocycles. The number of esters is 2. The van der Waals surface area contributed by atoms with E-state index in [1.165, 1.54) is 70.6 Å². The van der Waals surface area contributed by atoms with Crippen LogP contribution in [-0.2, 0) is 32.7 Å². The number of phosphoric acid groups is 1. The fourth-order valence-corrected chi connectivity index (χ4v) is 7.14. The minimum atomic E-state index is -4.67. The Morgan fingerprint density at radius 2 is 1.08 bits per heavy atom. The molecule has 0 aliphatic heterocycles. The van der Waals surface area contributed by atoms with E-state index in [4.69, 9.17) is 18.5 Å². The highest BCUT2D eigenvalue weighted by molar-refractivity contribution is 7.45. The van der Waals surface area contributed by atoms with Crippen molar-refractivity contribution in [1.29, 1.82) is 0 Å². The molecule has 0 aromatic carbocycles. The molecule has 60 heavy (non-hydrogen) atoms. The van der Waals surface area contributed by atoms with Gasteiger partial charge in [0.1, 0.15) is 19.8 Å². The van der Waals surface area contributed by atoms with E-state index >= 15 is 0 Å². The highest BCUT2D eigenvalue weighted by Gasteiger charge is 2.22. The average Bonchev–Trinajstić information content (AvgIpc) is 3.19. The Hall–Kier alpha value is -1.85. The summed E-state index contributed by atoms with van der Waals surface area (Å²) in [6.45, 7) is 3.97. The zero-order chi connectivity index (χ0) is 44.6. The highest BCUT2D eigenvalue weighted by Crippen LogP contribution is 2.38. The molecule has 0 amide bonds. The first kappa shape index (κ1) is 58.1. The van der Waals surface area contributed by atoms with Crippen LogP contribution in [0.1, 0.15) is 194 Å². The molecule has 0 rings (SSSR count). The molecule has 0 bridgehead atoms. The molecular formula is C48H90NO10P. The maximum atomic E-state index is 12.7. The first-order valence-electron chi connectivity index (χ1n) is 23.9. The monoisotopic (exact) mass is 872 g/mol. The van der Waals surface area contributed by atoms with Crippen LogP contribution in [0.25, 0.3) is 0 Å². The standard InChI is InChI=1S/C48H90NO10P/c1-6-8-10-12-14-15-16-17-18-19-20-21-22-23-24-25-26-30-34-38-47(52)56-42-44(43-58-60(54,55)57-41-40-49(3,4)5)59-48(53)39-35-31-27-29-33-37-46(51)45(50)36-32-28-13-11-9-7-2/h14-15,17-18,28,32,44-46,50-51H,6-13,16,19-27,29-31,33-43H2,1-5H3/b15-14-,18-17-,32-28-/t44-,45+,46+/m1/s1. The average molecular weight is 872 g/mol. The summed E-state index contributed by atoms with van der Waals surface area (Å²) in [6, 6.07) is 0. The molecule has 0 spiro atoms. The molecule has 4 atom stereocenters. The van der Waals surface area contributed by atoms with Gasteiger partial charge in [-0.15, -0.1) is 0 Å². The number of carbonyl (C=O) groups is 2. The summed E-state index contributed by atoms with van der Waals surface area (Å²) in [5.74, 6) is -0.949. The summed E-state index contributed by atoms with van der Waals surface area (Å²) >= 11 is 0. The molecule has 0 fully saturated rings. The van der Waals surface area contributed by atoms with Gasteiger partial charge in [-0.1, -0.05) is 147 Å². The number of carbonyl (C=O) groups excluding carboxylic acids is 2. The van der Waals surface area contributed by atoms with Gasteiger partial charge < -0.3 is 38.1 Å². The molecule has 11 nitrogen and oxygen atoms in total. The maximum absolute atomic E-state index is 12.7. The summed E-state index contributed by atoms with van der Waals surface area (Å²) < 4.78 is 33.9. The molecular weight excluding hydrogens is 781 g/mol. The number of hydrogen-bond donors (Lipinski definition) is 2. The second-order valence-corrected chi connectivity index (χ2v) is 18.8. The van der Waals surface area contributed by atoms with E-state index in [2.05, 4.69) is 44.2 Å². The predicted octanol–water partition coefficient (Wildman–Crippen LogP) is 11.0. The zero-order valence-corrected chi connectivity index (χ0v) is 39.8. The van der Waals surface area contributed by atoms with Crippen LogP contribution in [0.4, 0.5) is 0 Å². The molecule has 0 aliphatic carbocycles. The third-order valence-corrected chi connectivity index (χ3v) is 11.3. The number of quaternary nitrogens is 1. The smallest absolute Gasteiger partial charge is 0.306 e. The van der Waals surface area contributed by atoms with Crippen molar-refractivity contribution in [3.63, 3.8) is 0 Å². The topological polar surface area (TPSA) is 152 Å². The first-order chi connectivity index (χ1) is 28.8. The molecule has 0 aromatic rings. The van der Waals surface area contributed by atoms with E-state index < -0.39 is 44.7 Å². The van der Waals surface area contributed by atoms with Crippen LogP contribution in [0.15, 0.2) is 36.5 Å². The van der Waals surface area contributed by atoms with Gasteiger partial charge in [-0.2, -0.15) is 0 Å². The lowest BCUT2D eigenvalue weighted by Crippen LogP contribution is -2.37. The van der Waals surface area contributed by atoms with Crippen LogP contribution in [0.5, 0.6) is 0 Å². The summed E-state index contributed by atoms with van der Waals surface area (Å²) in [7, 11) is 1.07. The minimum absolute atomic E-state index is 0.0601. The van der Waals surface area contributed by atoms with Crippen molar-refractivity contribution in [2.45, 2.75) is 212 Å². The molecule has 12 heteroatoms. The third kappa shape index (κ3) is 41.5. The van der Waals surface area contributed by atoms with Crippen molar-refractivity contribution in [3.05, 3.63) is 36.5 Å². The first-order valence-corrected chi connectivity index (χ1v) is 25.3. The molecule has 1 unspecified atom stereocenters. The number of aliphatic hydroxyl groups is 2. The molecule has 2 N–H and O–H groups in total. The second kappa shape index (κ2) is 40.0. The number of aliphatic hydroxyl groups excluding tert-OH is 2. The van der Waals surface area contributed by atoms with E-state index in [9.17, 15) is 29.3 Å². The Balaban J connectivity index is 4.41. The molecule has 0 heterocycles. The van der Waals surface area contributed by atoms with Crippen LogP contribution in [0.3, 0.4) is 0 Å². The quantitative estimate of drug-likeness (QED) is 0.0199. The summed E-state index contributed by atoms with van der Waals surface area (Å²) in [5, 5.41) is 20.5. The zero-order valence-electron chi connectivity index (χ0n) is 38.9. The predicted molar refractivity (Wildman–Crippen MR) is 243 cm³/mol. The summed E-state index contributed by atoms with van der Waals surface area (Å²) in [5.41, 5.74) is 0. The maximum Gasteiger partial charge on any atom is 0.306 e. The Morgan fingerprint density at radius 3 is 1.63 bits per heavy atom. The summed E-state index contributed by atoms with van der Waals surface area (Å²) in [4.78, 5) is 37.6. The number of rotatable bonds is 43. The Labute approximate surface area is 367 Å². The van der Waals surface area contributed by atoms with Crippen LogP contribution in [0.2, 0.25) is 0 Å².